The number of hydrogen-bond acceptors (Lipinski definition) is 4. The van der Waals surface area contributed by atoms with Crippen LogP contribution in [-0.4, -0.2) is 43.2 Å². The van der Waals surface area contributed by atoms with Crippen molar-refractivity contribution in [1.82, 2.24) is 9.29 Å². The average Bonchev–Trinajstić information content (AvgIpc) is 2.68. The summed E-state index contributed by atoms with van der Waals surface area (Å²) >= 11 is 5.93. The Labute approximate surface area is 171 Å². The summed E-state index contributed by atoms with van der Waals surface area (Å²) in [5.74, 6) is -0.192. The van der Waals surface area contributed by atoms with Crippen molar-refractivity contribution in [2.45, 2.75) is 31.7 Å². The number of rotatable bonds is 9. The molecule has 0 radical (unpaired) electrons. The zero-order chi connectivity index (χ0) is 20.7. The molecule has 3 N–H and O–H groups in total. The third-order valence-electron chi connectivity index (χ3n) is 4.44. The summed E-state index contributed by atoms with van der Waals surface area (Å²) in [6.45, 7) is 6.65. The summed E-state index contributed by atoms with van der Waals surface area (Å²) in [4.78, 5) is 16.3. The molecule has 9 heteroatoms. The smallest absolute Gasteiger partial charge is 0.279 e. The number of pyridine rings is 1. The minimum Gasteiger partial charge on any atom is -0.333 e. The van der Waals surface area contributed by atoms with Gasteiger partial charge >= 0.3 is 0 Å². The highest BCUT2D eigenvalue weighted by Gasteiger charge is 2.22. The van der Waals surface area contributed by atoms with Crippen molar-refractivity contribution >= 4 is 33.2 Å². The first-order valence-electron chi connectivity index (χ1n) is 9.13. The Morgan fingerprint density at radius 3 is 2.43 bits per heavy atom. The van der Waals surface area contributed by atoms with Crippen LogP contribution in [0.3, 0.4) is 0 Å². The van der Waals surface area contributed by atoms with Crippen molar-refractivity contribution < 1.29 is 18.5 Å². The first kappa shape index (κ1) is 22.3. The van der Waals surface area contributed by atoms with E-state index in [1.165, 1.54) is 4.31 Å². The Morgan fingerprint density at radius 1 is 1.21 bits per heavy atom. The van der Waals surface area contributed by atoms with Gasteiger partial charge in [-0.2, -0.15) is 4.31 Å². The minimum absolute atomic E-state index is 0.0136. The number of quaternary nitrogens is 1. The number of halogens is 1. The lowest BCUT2D eigenvalue weighted by Gasteiger charge is -2.19. The molecule has 1 aromatic heterocycles. The average molecular weight is 426 g/mol. The van der Waals surface area contributed by atoms with Crippen molar-refractivity contribution in [1.29, 1.82) is 0 Å². The SMILES string of the molecule is CCN(CC)S(=O)(=O)c1ccc([C@@H](C)[NH2+]CC(=O)Nc2cccnc2Cl)cc1. The maximum absolute atomic E-state index is 12.5. The van der Waals surface area contributed by atoms with Crippen LogP contribution in [0.25, 0.3) is 0 Å². The molecule has 1 atom stereocenters. The molecule has 0 unspecified atom stereocenters. The minimum atomic E-state index is -3.47. The lowest BCUT2D eigenvalue weighted by molar-refractivity contribution is -0.682. The lowest BCUT2D eigenvalue weighted by atomic mass is 10.1. The molecule has 1 aromatic carbocycles. The third kappa shape index (κ3) is 5.51. The van der Waals surface area contributed by atoms with E-state index in [1.807, 2.05) is 26.1 Å². The summed E-state index contributed by atoms with van der Waals surface area (Å²) in [5.41, 5.74) is 1.41. The van der Waals surface area contributed by atoms with Crippen molar-refractivity contribution in [2.24, 2.45) is 0 Å². The van der Waals surface area contributed by atoms with Crippen LogP contribution in [-0.2, 0) is 14.8 Å². The van der Waals surface area contributed by atoms with E-state index in [9.17, 15) is 13.2 Å². The van der Waals surface area contributed by atoms with Crippen LogP contribution in [0.4, 0.5) is 5.69 Å². The lowest BCUT2D eigenvalue weighted by Crippen LogP contribution is -2.86. The van der Waals surface area contributed by atoms with Gasteiger partial charge in [-0.15, -0.1) is 0 Å². The molecule has 0 saturated carbocycles. The maximum Gasteiger partial charge on any atom is 0.279 e. The first-order chi connectivity index (χ1) is 13.3. The summed E-state index contributed by atoms with van der Waals surface area (Å²) < 4.78 is 26.5. The molecule has 7 nitrogen and oxygen atoms in total. The van der Waals surface area contributed by atoms with Gasteiger partial charge in [-0.3, -0.25) is 4.79 Å². The van der Waals surface area contributed by atoms with Crippen LogP contribution in [0.15, 0.2) is 47.5 Å². The molecular weight excluding hydrogens is 400 g/mol. The molecule has 0 aliphatic carbocycles. The van der Waals surface area contributed by atoms with Crippen molar-refractivity contribution in [2.75, 3.05) is 25.0 Å². The standard InChI is InChI=1S/C19H25ClN4O3S/c1-4-24(5-2)28(26,27)16-10-8-15(9-11-16)14(3)22-13-18(25)23-17-7-6-12-21-19(17)20/h6-12,14,22H,4-5,13H2,1-3H3,(H,23,25)/p+1/t14-/m1/s1. The highest BCUT2D eigenvalue weighted by Crippen LogP contribution is 2.18. The van der Waals surface area contributed by atoms with Crippen LogP contribution in [0.5, 0.6) is 0 Å². The molecule has 2 rings (SSSR count). The van der Waals surface area contributed by atoms with Gasteiger partial charge in [0.15, 0.2) is 11.7 Å². The highest BCUT2D eigenvalue weighted by atomic mass is 35.5. The molecule has 0 saturated heterocycles. The third-order valence-corrected chi connectivity index (χ3v) is 6.80. The quantitative estimate of drug-likeness (QED) is 0.601. The molecule has 28 heavy (non-hydrogen) atoms. The number of carbonyl (C=O) groups is 1. The van der Waals surface area contributed by atoms with Gasteiger partial charge in [-0.05, 0) is 31.2 Å². The zero-order valence-electron chi connectivity index (χ0n) is 16.2. The normalized spacial score (nSPS) is 12.8. The van der Waals surface area contributed by atoms with Crippen LogP contribution in [0.2, 0.25) is 5.15 Å². The molecule has 152 valence electrons. The van der Waals surface area contributed by atoms with Crippen LogP contribution >= 0.6 is 11.6 Å². The van der Waals surface area contributed by atoms with Gasteiger partial charge in [0.1, 0.15) is 6.04 Å². The number of nitrogens with one attached hydrogen (secondary N) is 1. The second-order valence-electron chi connectivity index (χ2n) is 6.28. The highest BCUT2D eigenvalue weighted by molar-refractivity contribution is 7.89. The van der Waals surface area contributed by atoms with Crippen LogP contribution in [0, 0.1) is 0 Å². The zero-order valence-corrected chi connectivity index (χ0v) is 17.8. The molecule has 0 fully saturated rings. The van der Waals surface area contributed by atoms with Gasteiger partial charge in [0.25, 0.3) is 5.91 Å². The van der Waals surface area contributed by atoms with Crippen LogP contribution in [0.1, 0.15) is 32.4 Å². The van der Waals surface area contributed by atoms with Crippen molar-refractivity contribution in [3.63, 3.8) is 0 Å². The van der Waals surface area contributed by atoms with Gasteiger partial charge in [-0.1, -0.05) is 37.6 Å². The Bertz CT molecular complexity index is 900. The fourth-order valence-electron chi connectivity index (χ4n) is 2.76. The van der Waals surface area contributed by atoms with Crippen molar-refractivity contribution in [3.05, 3.63) is 53.3 Å². The van der Waals surface area contributed by atoms with Gasteiger partial charge in [0.2, 0.25) is 10.0 Å². The molecule has 2 aromatic rings. The van der Waals surface area contributed by atoms with Gasteiger partial charge < -0.3 is 10.6 Å². The summed E-state index contributed by atoms with van der Waals surface area (Å²) in [5, 5.41) is 4.83. The maximum atomic E-state index is 12.5. The number of sulfonamides is 1. The molecule has 1 amide bonds. The van der Waals surface area contributed by atoms with E-state index in [4.69, 9.17) is 11.6 Å². The Morgan fingerprint density at radius 2 is 1.86 bits per heavy atom. The van der Waals surface area contributed by atoms with E-state index >= 15 is 0 Å². The van der Waals surface area contributed by atoms with E-state index in [2.05, 4.69) is 10.3 Å². The van der Waals surface area contributed by atoms with Crippen LogP contribution < -0.4 is 10.6 Å². The van der Waals surface area contributed by atoms with Crippen molar-refractivity contribution in [3.8, 4) is 0 Å². The molecule has 1 heterocycles. The topological polar surface area (TPSA) is 96.0 Å². The van der Waals surface area contributed by atoms with Gasteiger partial charge in [0.05, 0.1) is 10.6 Å². The fourth-order valence-corrected chi connectivity index (χ4v) is 4.38. The fraction of sp³-hybridized carbons (Fsp3) is 0.368. The summed E-state index contributed by atoms with van der Waals surface area (Å²) in [7, 11) is -3.47. The van der Waals surface area contributed by atoms with E-state index in [1.54, 1.807) is 42.6 Å². The number of nitrogens with two attached hydrogens (primary N) is 1. The molecule has 0 bridgehead atoms. The number of benzene rings is 1. The van der Waals surface area contributed by atoms with E-state index in [-0.39, 0.29) is 28.5 Å². The number of carbonyl (C=O) groups excluding carboxylic acids is 1. The number of nitrogens with zero attached hydrogens (tertiary/aromatic N) is 2. The first-order valence-corrected chi connectivity index (χ1v) is 10.9. The monoisotopic (exact) mass is 425 g/mol. The Kier molecular flexibility index (Phi) is 7.94. The van der Waals surface area contributed by atoms with E-state index in [0.29, 0.717) is 18.8 Å². The van der Waals surface area contributed by atoms with E-state index < -0.39 is 10.0 Å². The second kappa shape index (κ2) is 9.97. The molecule has 0 spiro atoms. The second-order valence-corrected chi connectivity index (χ2v) is 8.57. The Hall–Kier alpha value is -2.00. The number of hydrogen-bond donors (Lipinski definition) is 2. The van der Waals surface area contributed by atoms with E-state index in [0.717, 1.165) is 5.56 Å². The predicted octanol–water partition coefficient (Wildman–Crippen LogP) is 2.03. The predicted molar refractivity (Wildman–Crippen MR) is 110 cm³/mol. The number of aromatic nitrogens is 1. The Balaban J connectivity index is 1.97. The summed E-state index contributed by atoms with van der Waals surface area (Å²) in [6.07, 6.45) is 1.55. The number of anilines is 1. The summed E-state index contributed by atoms with van der Waals surface area (Å²) in [6, 6.07) is 10.2. The largest absolute Gasteiger partial charge is 0.333 e. The molecule has 0 aliphatic heterocycles. The molecular formula is C19H26ClN4O3S+. The number of amides is 1. The molecule has 0 aliphatic rings. The van der Waals surface area contributed by atoms with Gasteiger partial charge in [-0.25, -0.2) is 13.4 Å². The van der Waals surface area contributed by atoms with Gasteiger partial charge in [0, 0.05) is 24.8 Å².